The number of hydrogen-bond donors (Lipinski definition) is 0. The Bertz CT molecular complexity index is 320. The minimum atomic E-state index is -0.229. The number of carbonyl (C=O) groups is 2. The first-order valence-electron chi connectivity index (χ1n) is 5.35. The molecular formula is C12H17NO3. The van der Waals surface area contributed by atoms with Gasteiger partial charge in [-0.1, -0.05) is 18.2 Å². The Kier molecular flexibility index (Phi) is 4.76. The molecular weight excluding hydrogens is 206 g/mol. The van der Waals surface area contributed by atoms with E-state index in [1.54, 1.807) is 17.1 Å². The maximum Gasteiger partial charge on any atom is 0.310 e. The third kappa shape index (κ3) is 3.22. The van der Waals surface area contributed by atoms with Gasteiger partial charge in [0.05, 0.1) is 13.0 Å². The fraction of sp³-hybridized carbons (Fsp3) is 0.500. The van der Waals surface area contributed by atoms with Gasteiger partial charge in [-0.3, -0.25) is 9.59 Å². The Hall–Kier alpha value is -1.58. The predicted octanol–water partition coefficient (Wildman–Crippen LogP) is 1.14. The van der Waals surface area contributed by atoms with Crippen molar-refractivity contribution in [3.63, 3.8) is 0 Å². The molecule has 1 amide bonds. The lowest BCUT2D eigenvalue weighted by atomic mass is 10.1. The molecule has 88 valence electrons. The van der Waals surface area contributed by atoms with E-state index in [1.807, 2.05) is 13.0 Å². The van der Waals surface area contributed by atoms with Crippen LogP contribution < -0.4 is 0 Å². The average Bonchev–Trinajstić information content (AvgIpc) is 2.77. The van der Waals surface area contributed by atoms with Crippen molar-refractivity contribution in [2.45, 2.75) is 13.3 Å². The van der Waals surface area contributed by atoms with Gasteiger partial charge in [0.1, 0.15) is 0 Å². The predicted molar refractivity (Wildman–Crippen MR) is 60.7 cm³/mol. The molecule has 1 saturated heterocycles. The second kappa shape index (κ2) is 6.10. The van der Waals surface area contributed by atoms with E-state index in [4.69, 9.17) is 0 Å². The van der Waals surface area contributed by atoms with E-state index in [-0.39, 0.29) is 17.8 Å². The van der Waals surface area contributed by atoms with Crippen LogP contribution >= 0.6 is 0 Å². The highest BCUT2D eigenvalue weighted by molar-refractivity contribution is 5.88. The topological polar surface area (TPSA) is 46.6 Å². The summed E-state index contributed by atoms with van der Waals surface area (Å²) < 4.78 is 4.65. The second-order valence-corrected chi connectivity index (χ2v) is 3.68. The Labute approximate surface area is 95.6 Å². The summed E-state index contributed by atoms with van der Waals surface area (Å²) in [6.45, 7) is 2.97. The molecule has 0 N–H and O–H groups in total. The zero-order valence-corrected chi connectivity index (χ0v) is 9.68. The first kappa shape index (κ1) is 12.5. The van der Waals surface area contributed by atoms with E-state index in [0.717, 1.165) is 0 Å². The van der Waals surface area contributed by atoms with Crippen molar-refractivity contribution in [1.29, 1.82) is 0 Å². The van der Waals surface area contributed by atoms with Gasteiger partial charge in [-0.25, -0.2) is 0 Å². The second-order valence-electron chi connectivity index (χ2n) is 3.68. The van der Waals surface area contributed by atoms with Crippen molar-refractivity contribution in [2.75, 3.05) is 20.2 Å². The molecule has 1 heterocycles. The molecule has 4 heteroatoms. The van der Waals surface area contributed by atoms with Gasteiger partial charge >= 0.3 is 5.97 Å². The zero-order valence-electron chi connectivity index (χ0n) is 9.68. The van der Waals surface area contributed by atoms with Crippen LogP contribution in [0.3, 0.4) is 0 Å². The minimum absolute atomic E-state index is 0.0514. The Morgan fingerprint density at radius 2 is 2.12 bits per heavy atom. The van der Waals surface area contributed by atoms with Gasteiger partial charge in [0.15, 0.2) is 0 Å². The lowest BCUT2D eigenvalue weighted by molar-refractivity contribution is -0.145. The van der Waals surface area contributed by atoms with Crippen LogP contribution in [0, 0.1) is 5.92 Å². The quantitative estimate of drug-likeness (QED) is 0.409. The standard InChI is InChI=1S/C12H17NO3/c1-3-4-5-6-11(14)13-8-7-10(9-13)12(15)16-2/h3-6,10H,7-9H2,1-2H3. The average molecular weight is 223 g/mol. The van der Waals surface area contributed by atoms with Crippen LogP contribution in [0.25, 0.3) is 0 Å². The summed E-state index contributed by atoms with van der Waals surface area (Å²) in [5.74, 6) is -0.443. The number of esters is 1. The molecule has 16 heavy (non-hydrogen) atoms. The molecule has 0 spiro atoms. The number of amides is 1. The van der Waals surface area contributed by atoms with Crippen LogP contribution in [0.2, 0.25) is 0 Å². The van der Waals surface area contributed by atoms with E-state index in [9.17, 15) is 9.59 Å². The van der Waals surface area contributed by atoms with E-state index >= 15 is 0 Å². The van der Waals surface area contributed by atoms with Gasteiger partial charge in [-0.2, -0.15) is 0 Å². The fourth-order valence-electron chi connectivity index (χ4n) is 1.67. The monoisotopic (exact) mass is 223 g/mol. The summed E-state index contributed by atoms with van der Waals surface area (Å²) in [7, 11) is 1.37. The van der Waals surface area contributed by atoms with Gasteiger partial charge in [-0.15, -0.1) is 0 Å². The molecule has 0 radical (unpaired) electrons. The molecule has 1 atom stereocenters. The van der Waals surface area contributed by atoms with Crippen LogP contribution in [0.15, 0.2) is 24.3 Å². The van der Waals surface area contributed by atoms with Crippen molar-refractivity contribution in [3.8, 4) is 0 Å². The summed E-state index contributed by atoms with van der Waals surface area (Å²) in [5.41, 5.74) is 0. The molecule has 0 aromatic heterocycles. The third-order valence-electron chi connectivity index (χ3n) is 2.58. The van der Waals surface area contributed by atoms with Gasteiger partial charge in [0.25, 0.3) is 0 Å². The third-order valence-corrected chi connectivity index (χ3v) is 2.58. The molecule has 1 aliphatic rings. The molecule has 4 nitrogen and oxygen atoms in total. The van der Waals surface area contributed by atoms with E-state index in [2.05, 4.69) is 4.74 Å². The number of rotatable bonds is 3. The molecule has 0 saturated carbocycles. The number of ether oxygens (including phenoxy) is 1. The van der Waals surface area contributed by atoms with E-state index in [0.29, 0.717) is 19.5 Å². The summed E-state index contributed by atoms with van der Waals surface area (Å²) in [6.07, 6.45) is 7.56. The lowest BCUT2D eigenvalue weighted by Crippen LogP contribution is -2.28. The fourth-order valence-corrected chi connectivity index (χ4v) is 1.67. The van der Waals surface area contributed by atoms with Gasteiger partial charge in [0, 0.05) is 19.2 Å². The van der Waals surface area contributed by atoms with Crippen LogP contribution in [0.4, 0.5) is 0 Å². The normalized spacial score (nSPS) is 20.9. The molecule has 0 aromatic carbocycles. The molecule has 0 aliphatic carbocycles. The van der Waals surface area contributed by atoms with Crippen LogP contribution in [-0.4, -0.2) is 37.0 Å². The smallest absolute Gasteiger partial charge is 0.310 e. The Morgan fingerprint density at radius 1 is 1.38 bits per heavy atom. The number of methoxy groups -OCH3 is 1. The van der Waals surface area contributed by atoms with Crippen LogP contribution in [0.1, 0.15) is 13.3 Å². The Morgan fingerprint density at radius 3 is 2.75 bits per heavy atom. The molecule has 1 unspecified atom stereocenters. The highest BCUT2D eigenvalue weighted by atomic mass is 16.5. The van der Waals surface area contributed by atoms with Crippen LogP contribution in [-0.2, 0) is 14.3 Å². The van der Waals surface area contributed by atoms with Gasteiger partial charge < -0.3 is 9.64 Å². The number of nitrogens with zero attached hydrogens (tertiary/aromatic N) is 1. The maximum atomic E-state index is 11.6. The number of allylic oxidation sites excluding steroid dienone is 3. The summed E-state index contributed by atoms with van der Waals surface area (Å²) in [5, 5.41) is 0. The first-order valence-corrected chi connectivity index (χ1v) is 5.35. The summed E-state index contributed by atoms with van der Waals surface area (Å²) >= 11 is 0. The molecule has 0 bridgehead atoms. The summed E-state index contributed by atoms with van der Waals surface area (Å²) in [6, 6.07) is 0. The molecule has 0 aromatic rings. The maximum absolute atomic E-state index is 11.6. The number of hydrogen-bond acceptors (Lipinski definition) is 3. The highest BCUT2D eigenvalue weighted by Crippen LogP contribution is 2.17. The van der Waals surface area contributed by atoms with Crippen molar-refractivity contribution in [2.24, 2.45) is 5.92 Å². The summed E-state index contributed by atoms with van der Waals surface area (Å²) in [4.78, 5) is 24.6. The first-order chi connectivity index (χ1) is 7.69. The lowest BCUT2D eigenvalue weighted by Gasteiger charge is -2.13. The zero-order chi connectivity index (χ0) is 12.0. The van der Waals surface area contributed by atoms with Crippen molar-refractivity contribution in [1.82, 2.24) is 4.90 Å². The number of likely N-dealkylation sites (tertiary alicyclic amines) is 1. The van der Waals surface area contributed by atoms with Crippen LogP contribution in [0.5, 0.6) is 0 Å². The van der Waals surface area contributed by atoms with Gasteiger partial charge in [-0.05, 0) is 13.3 Å². The molecule has 1 aliphatic heterocycles. The largest absolute Gasteiger partial charge is 0.469 e. The van der Waals surface area contributed by atoms with Crippen molar-refractivity contribution in [3.05, 3.63) is 24.3 Å². The van der Waals surface area contributed by atoms with E-state index in [1.165, 1.54) is 13.2 Å². The SMILES string of the molecule is CC=CC=CC(=O)N1CCC(C(=O)OC)C1. The minimum Gasteiger partial charge on any atom is -0.469 e. The molecule has 1 rings (SSSR count). The highest BCUT2D eigenvalue weighted by Gasteiger charge is 2.30. The molecule has 1 fully saturated rings. The number of carbonyl (C=O) groups excluding carboxylic acids is 2. The van der Waals surface area contributed by atoms with Gasteiger partial charge in [0.2, 0.25) is 5.91 Å². The van der Waals surface area contributed by atoms with Crippen molar-refractivity contribution < 1.29 is 14.3 Å². The van der Waals surface area contributed by atoms with Crippen molar-refractivity contribution >= 4 is 11.9 Å². The Balaban J connectivity index is 2.46. The van der Waals surface area contributed by atoms with E-state index < -0.39 is 0 Å².